The second-order valence-electron chi connectivity index (χ2n) is 8.18. The van der Waals surface area contributed by atoms with Crippen LogP contribution in [0.1, 0.15) is 37.8 Å². The van der Waals surface area contributed by atoms with Crippen molar-refractivity contribution in [2.24, 2.45) is 0 Å². The third-order valence-corrected chi connectivity index (χ3v) is 6.19. The second kappa shape index (κ2) is 13.9. The molecule has 186 valence electrons. The van der Waals surface area contributed by atoms with Crippen molar-refractivity contribution >= 4 is 14.7 Å². The molecule has 2 atom stereocenters. The highest BCUT2D eigenvalue weighted by atomic mass is 31.2. The number of halogens is 1. The lowest BCUT2D eigenvalue weighted by molar-refractivity contribution is 0.00778. The molecule has 1 fully saturated rings. The molecule has 1 amide bonds. The number of ether oxygens (including phenoxy) is 1. The van der Waals surface area contributed by atoms with Gasteiger partial charge in [-0.25, -0.2) is 9.18 Å². The minimum Gasteiger partial charge on any atom is -0.446 e. The predicted molar refractivity (Wildman–Crippen MR) is 135 cm³/mol. The van der Waals surface area contributed by atoms with Crippen LogP contribution < -0.4 is 0 Å². The number of rotatable bonds is 8. The summed E-state index contributed by atoms with van der Waals surface area (Å²) in [6.07, 6.45) is 1.42. The largest absolute Gasteiger partial charge is 0.446 e. The minimum atomic E-state index is -2.33. The van der Waals surface area contributed by atoms with E-state index in [-0.39, 0.29) is 30.7 Å². The number of nitrogens with zero attached hydrogens (tertiary/aromatic N) is 1. The number of hydrogen-bond acceptors (Lipinski definition) is 5. The number of carbonyl (C=O) groups excluding carboxylic acids is 1. The van der Waals surface area contributed by atoms with Crippen LogP contribution >= 0.6 is 8.60 Å². The fraction of sp³-hybridized carbons (Fsp3) is 0.296. The lowest BCUT2D eigenvalue weighted by Gasteiger charge is -2.36. The van der Waals surface area contributed by atoms with E-state index in [1.165, 1.54) is 12.1 Å². The van der Waals surface area contributed by atoms with E-state index in [0.717, 1.165) is 23.1 Å². The lowest BCUT2D eigenvalue weighted by Crippen LogP contribution is -2.43. The Hall–Kier alpha value is -2.83. The summed E-state index contributed by atoms with van der Waals surface area (Å²) in [5, 5.41) is 0. The molecule has 1 aliphatic heterocycles. The molecule has 2 unspecified atom stereocenters. The van der Waals surface area contributed by atoms with Gasteiger partial charge in [0.1, 0.15) is 11.9 Å². The Labute approximate surface area is 206 Å². The predicted octanol–water partition coefficient (Wildman–Crippen LogP) is 6.46. The number of carbonyl (C=O) groups is 1. The van der Waals surface area contributed by atoms with Crippen molar-refractivity contribution in [3.05, 3.63) is 96.3 Å². The zero-order chi connectivity index (χ0) is 25.0. The van der Waals surface area contributed by atoms with Crippen LogP contribution in [0.3, 0.4) is 0 Å². The van der Waals surface area contributed by atoms with Crippen molar-refractivity contribution in [1.82, 2.24) is 4.90 Å². The topological polar surface area (TPSA) is 79.2 Å². The van der Waals surface area contributed by atoms with E-state index < -0.39 is 8.60 Å². The molecular weight excluding hydrogens is 468 g/mol. The van der Waals surface area contributed by atoms with Crippen molar-refractivity contribution in [2.45, 2.75) is 38.3 Å². The molecule has 6 nitrogen and oxygen atoms in total. The van der Waals surface area contributed by atoms with E-state index in [2.05, 4.69) is 0 Å². The molecule has 1 saturated heterocycles. The van der Waals surface area contributed by atoms with Gasteiger partial charge in [-0.05, 0) is 48.6 Å². The van der Waals surface area contributed by atoms with Crippen LogP contribution in [0.15, 0.2) is 84.9 Å². The fourth-order valence-corrected chi connectivity index (χ4v) is 4.11. The summed E-state index contributed by atoms with van der Waals surface area (Å²) in [4.78, 5) is 31.6. The van der Waals surface area contributed by atoms with E-state index >= 15 is 0 Å². The monoisotopic (exact) mass is 499 g/mol. The van der Waals surface area contributed by atoms with E-state index in [1.54, 1.807) is 17.0 Å². The SMILES string of the molecule is CC(c1ccc(-c2ccc(F)cc2)cc1)N1CCC(CCCOP(O)O)OC1=O.c1ccccc1. The third kappa shape index (κ3) is 8.71. The zero-order valence-corrected chi connectivity index (χ0v) is 20.6. The average molecular weight is 500 g/mol. The van der Waals surface area contributed by atoms with Crippen LogP contribution in [0, 0.1) is 5.82 Å². The van der Waals surface area contributed by atoms with Gasteiger partial charge in [-0.3, -0.25) is 0 Å². The highest BCUT2D eigenvalue weighted by Gasteiger charge is 2.30. The first-order chi connectivity index (χ1) is 16.9. The lowest BCUT2D eigenvalue weighted by atomic mass is 10.00. The first-order valence-corrected chi connectivity index (χ1v) is 12.7. The Morgan fingerprint density at radius 3 is 2.06 bits per heavy atom. The van der Waals surface area contributed by atoms with Crippen molar-refractivity contribution in [1.29, 1.82) is 0 Å². The van der Waals surface area contributed by atoms with Gasteiger partial charge >= 0.3 is 14.7 Å². The Morgan fingerprint density at radius 2 is 1.54 bits per heavy atom. The molecule has 1 aliphatic rings. The normalized spacial score (nSPS) is 16.3. The van der Waals surface area contributed by atoms with Crippen molar-refractivity contribution in [3.8, 4) is 11.1 Å². The Bertz CT molecular complexity index is 991. The molecule has 1 heterocycles. The number of amides is 1. The molecular formula is C27H31FNO5P. The van der Waals surface area contributed by atoms with E-state index in [1.807, 2.05) is 67.6 Å². The van der Waals surface area contributed by atoms with E-state index in [0.29, 0.717) is 19.4 Å². The summed E-state index contributed by atoms with van der Waals surface area (Å²) in [6.45, 7) is 2.79. The first-order valence-electron chi connectivity index (χ1n) is 11.6. The molecule has 8 heteroatoms. The highest BCUT2D eigenvalue weighted by Crippen LogP contribution is 2.29. The van der Waals surface area contributed by atoms with Gasteiger partial charge in [-0.1, -0.05) is 72.8 Å². The molecule has 0 radical (unpaired) electrons. The average Bonchev–Trinajstić information content (AvgIpc) is 2.88. The molecule has 3 aromatic carbocycles. The smallest absolute Gasteiger partial charge is 0.410 e. The summed E-state index contributed by atoms with van der Waals surface area (Å²) < 4.78 is 23.3. The van der Waals surface area contributed by atoms with Gasteiger partial charge in [0.15, 0.2) is 0 Å². The van der Waals surface area contributed by atoms with Crippen LogP contribution in [0.2, 0.25) is 0 Å². The molecule has 0 bridgehead atoms. The van der Waals surface area contributed by atoms with Gasteiger partial charge < -0.3 is 23.9 Å². The summed E-state index contributed by atoms with van der Waals surface area (Å²) in [5.41, 5.74) is 2.92. The Kier molecular flexibility index (Phi) is 10.6. The molecule has 0 saturated carbocycles. The minimum absolute atomic E-state index is 0.124. The van der Waals surface area contributed by atoms with Crippen LogP contribution in [0.5, 0.6) is 0 Å². The third-order valence-electron chi connectivity index (χ3n) is 5.78. The highest BCUT2D eigenvalue weighted by molar-refractivity contribution is 7.39. The molecule has 3 aromatic rings. The van der Waals surface area contributed by atoms with E-state index in [9.17, 15) is 9.18 Å². The number of benzene rings is 3. The summed E-state index contributed by atoms with van der Waals surface area (Å²) in [7, 11) is -2.33. The van der Waals surface area contributed by atoms with Crippen LogP contribution in [-0.4, -0.2) is 40.0 Å². The van der Waals surface area contributed by atoms with Crippen LogP contribution in [0.4, 0.5) is 9.18 Å². The fourth-order valence-electron chi connectivity index (χ4n) is 3.82. The first kappa shape index (κ1) is 26.8. The quantitative estimate of drug-likeness (QED) is 0.275. The molecule has 2 N–H and O–H groups in total. The summed E-state index contributed by atoms with van der Waals surface area (Å²) in [5.74, 6) is -0.264. The maximum atomic E-state index is 13.1. The van der Waals surface area contributed by atoms with Gasteiger partial charge in [-0.2, -0.15) is 0 Å². The van der Waals surface area contributed by atoms with Crippen molar-refractivity contribution < 1.29 is 28.2 Å². The van der Waals surface area contributed by atoms with Gasteiger partial charge in [-0.15, -0.1) is 0 Å². The zero-order valence-electron chi connectivity index (χ0n) is 19.7. The molecule has 35 heavy (non-hydrogen) atoms. The van der Waals surface area contributed by atoms with Crippen LogP contribution in [-0.2, 0) is 9.26 Å². The summed E-state index contributed by atoms with van der Waals surface area (Å²) in [6, 6.07) is 26.1. The van der Waals surface area contributed by atoms with Crippen molar-refractivity contribution in [3.63, 3.8) is 0 Å². The number of hydrogen-bond donors (Lipinski definition) is 2. The second-order valence-corrected chi connectivity index (χ2v) is 8.94. The summed E-state index contributed by atoms with van der Waals surface area (Å²) >= 11 is 0. The van der Waals surface area contributed by atoms with Gasteiger partial charge in [0.2, 0.25) is 0 Å². The van der Waals surface area contributed by atoms with Crippen molar-refractivity contribution in [2.75, 3.05) is 13.2 Å². The van der Waals surface area contributed by atoms with Gasteiger partial charge in [0.05, 0.1) is 12.6 Å². The van der Waals surface area contributed by atoms with Gasteiger partial charge in [0, 0.05) is 13.0 Å². The number of cyclic esters (lactones) is 1. The Morgan fingerprint density at radius 1 is 1.00 bits per heavy atom. The Balaban J connectivity index is 0.000000497. The maximum Gasteiger partial charge on any atom is 0.410 e. The molecule has 0 aromatic heterocycles. The van der Waals surface area contributed by atoms with Crippen LogP contribution in [0.25, 0.3) is 11.1 Å². The molecule has 0 aliphatic carbocycles. The maximum absolute atomic E-state index is 13.1. The van der Waals surface area contributed by atoms with E-state index in [4.69, 9.17) is 19.0 Å². The van der Waals surface area contributed by atoms with Gasteiger partial charge in [0.25, 0.3) is 0 Å². The standard InChI is InChI=1S/C21H25FNO5P.C6H6/c1-15(16-4-6-17(7-5-16)18-8-10-19(22)11-9-18)23-13-12-20(28-21(23)24)3-2-14-27-29(25)26;1-2-4-6-5-3-1/h4-11,15,20,25-26H,2-3,12-14H2,1H3;1-6H. The molecule has 0 spiro atoms. The molecule has 4 rings (SSSR count).